The van der Waals surface area contributed by atoms with Gasteiger partial charge < -0.3 is 10.4 Å². The van der Waals surface area contributed by atoms with Gasteiger partial charge in [0.15, 0.2) is 0 Å². The van der Waals surface area contributed by atoms with E-state index < -0.39 is 12.0 Å². The first kappa shape index (κ1) is 18.9. The van der Waals surface area contributed by atoms with E-state index in [4.69, 9.17) is 0 Å². The molecule has 0 aromatic heterocycles. The minimum absolute atomic E-state index is 0. The van der Waals surface area contributed by atoms with Crippen molar-refractivity contribution in [1.29, 1.82) is 0 Å². The van der Waals surface area contributed by atoms with Crippen molar-refractivity contribution in [1.82, 2.24) is 10.2 Å². The molecule has 0 aliphatic carbocycles. The molecular weight excluding hydrogens is 280 g/mol. The molecule has 5 nitrogen and oxygen atoms in total. The van der Waals surface area contributed by atoms with E-state index in [2.05, 4.69) is 25.7 Å². The Kier molecular flexibility index (Phi) is 7.83. The van der Waals surface area contributed by atoms with Gasteiger partial charge in [-0.05, 0) is 24.7 Å². The molecule has 1 aliphatic heterocycles. The molecule has 1 heterocycles. The smallest absolute Gasteiger partial charge is 0.321 e. The number of carboxylic acid groups (broad SMARTS) is 1. The summed E-state index contributed by atoms with van der Waals surface area (Å²) in [5.74, 6) is -0.404. The fourth-order valence-electron chi connectivity index (χ4n) is 2.61. The van der Waals surface area contributed by atoms with Crippen molar-refractivity contribution < 1.29 is 14.7 Å². The second-order valence-corrected chi connectivity index (χ2v) is 5.63. The molecule has 2 N–H and O–H groups in total. The van der Waals surface area contributed by atoms with Crippen molar-refractivity contribution in [2.75, 3.05) is 6.54 Å². The molecule has 0 aromatic rings. The lowest BCUT2D eigenvalue weighted by Gasteiger charge is -2.32. The van der Waals surface area contributed by atoms with Crippen molar-refractivity contribution in [2.24, 2.45) is 11.8 Å². The number of carbonyl (C=O) groups excluding carboxylic acids is 1. The molecule has 0 bridgehead atoms. The number of nitrogens with one attached hydrogen (secondary N) is 1. The topological polar surface area (TPSA) is 69.6 Å². The molecule has 0 saturated carbocycles. The molecular formula is C14H25ClN2O3. The zero-order valence-corrected chi connectivity index (χ0v) is 13.2. The van der Waals surface area contributed by atoms with Gasteiger partial charge in [0.1, 0.15) is 6.04 Å². The predicted octanol–water partition coefficient (Wildman–Crippen LogP) is 1.88. The molecule has 6 heteroatoms. The van der Waals surface area contributed by atoms with Gasteiger partial charge in [0.05, 0.1) is 6.17 Å². The Morgan fingerprint density at radius 3 is 2.50 bits per heavy atom. The summed E-state index contributed by atoms with van der Waals surface area (Å²) in [6.07, 6.45) is 2.89. The third-order valence-electron chi connectivity index (χ3n) is 3.45. The number of rotatable bonds is 6. The van der Waals surface area contributed by atoms with Gasteiger partial charge in [-0.3, -0.25) is 14.5 Å². The van der Waals surface area contributed by atoms with Crippen LogP contribution >= 0.6 is 12.4 Å². The molecule has 1 fully saturated rings. The highest BCUT2D eigenvalue weighted by atomic mass is 35.5. The fraction of sp³-hybridized carbons (Fsp3) is 0.714. The number of carbonyl (C=O) groups is 2. The van der Waals surface area contributed by atoms with Crippen LogP contribution in [0.25, 0.3) is 0 Å². The predicted molar refractivity (Wildman–Crippen MR) is 80.7 cm³/mol. The Bertz CT molecular complexity index is 360. The minimum Gasteiger partial charge on any atom is -0.480 e. The highest BCUT2D eigenvalue weighted by Gasteiger charge is 2.39. The lowest BCUT2D eigenvalue weighted by Crippen LogP contribution is -2.52. The Hall–Kier alpha value is -1.07. The third-order valence-corrected chi connectivity index (χ3v) is 3.45. The van der Waals surface area contributed by atoms with Gasteiger partial charge in [0.2, 0.25) is 5.91 Å². The summed E-state index contributed by atoms with van der Waals surface area (Å²) < 4.78 is 0. The maximum atomic E-state index is 11.4. The maximum absolute atomic E-state index is 11.4. The van der Waals surface area contributed by atoms with Crippen LogP contribution in [0.3, 0.4) is 0 Å². The first-order chi connectivity index (χ1) is 8.85. The Labute approximate surface area is 126 Å². The second kappa shape index (κ2) is 8.27. The number of amides is 1. The van der Waals surface area contributed by atoms with E-state index in [0.717, 1.165) is 6.42 Å². The number of hydrogen-bond donors (Lipinski definition) is 2. The number of nitrogens with zero attached hydrogens (tertiary/aromatic N) is 1. The van der Waals surface area contributed by atoms with Gasteiger partial charge in [-0.2, -0.15) is 0 Å². The van der Waals surface area contributed by atoms with Crippen molar-refractivity contribution >= 4 is 24.3 Å². The maximum Gasteiger partial charge on any atom is 0.321 e. The van der Waals surface area contributed by atoms with E-state index in [-0.39, 0.29) is 30.4 Å². The molecule has 0 spiro atoms. The van der Waals surface area contributed by atoms with E-state index in [1.165, 1.54) is 6.92 Å². The van der Waals surface area contributed by atoms with Crippen LogP contribution in [-0.2, 0) is 9.59 Å². The Morgan fingerprint density at radius 2 is 2.10 bits per heavy atom. The van der Waals surface area contributed by atoms with Gasteiger partial charge in [-0.25, -0.2) is 0 Å². The molecule has 116 valence electrons. The molecule has 0 radical (unpaired) electrons. The Morgan fingerprint density at radius 1 is 1.50 bits per heavy atom. The zero-order chi connectivity index (χ0) is 14.6. The lowest BCUT2D eigenvalue weighted by atomic mass is 10.1. The summed E-state index contributed by atoms with van der Waals surface area (Å²) in [7, 11) is 0. The number of aliphatic carboxylic acids is 1. The van der Waals surface area contributed by atoms with E-state index in [0.29, 0.717) is 18.9 Å². The summed E-state index contributed by atoms with van der Waals surface area (Å²) in [6, 6.07) is -0.543. The summed E-state index contributed by atoms with van der Waals surface area (Å²) in [4.78, 5) is 24.6. The second-order valence-electron chi connectivity index (χ2n) is 5.63. The lowest BCUT2D eigenvalue weighted by molar-refractivity contribution is -0.144. The van der Waals surface area contributed by atoms with Crippen LogP contribution in [0.2, 0.25) is 0 Å². The average molecular weight is 305 g/mol. The monoisotopic (exact) mass is 304 g/mol. The molecule has 1 saturated heterocycles. The van der Waals surface area contributed by atoms with Gasteiger partial charge in [0.25, 0.3) is 0 Å². The normalized spacial score (nSPS) is 24.0. The van der Waals surface area contributed by atoms with E-state index in [1.54, 1.807) is 6.08 Å². The number of carboxylic acids is 1. The SMILES string of the molecule is C=C[C@@H]1C[C@@H](C(=O)O)N(C(CC(C)C)NC(C)=O)C1.Cl. The van der Waals surface area contributed by atoms with Crippen LogP contribution in [-0.4, -0.2) is 40.6 Å². The number of hydrogen-bond acceptors (Lipinski definition) is 3. The standard InChI is InChI=1S/C14H24N2O3.ClH/c1-5-11-7-12(14(18)19)16(8-11)13(6-9(2)3)15-10(4)17;/h5,9,11-13H,1,6-8H2,2-4H3,(H,15,17)(H,18,19);1H/t11-,12+,13?;/m1./s1. The minimum atomic E-state index is -0.830. The molecule has 3 atom stereocenters. The molecule has 1 rings (SSSR count). The van der Waals surface area contributed by atoms with Crippen molar-refractivity contribution in [3.8, 4) is 0 Å². The van der Waals surface area contributed by atoms with Gasteiger partial charge in [-0.1, -0.05) is 19.9 Å². The van der Waals surface area contributed by atoms with Crippen LogP contribution in [0.5, 0.6) is 0 Å². The number of likely N-dealkylation sites (tertiary alicyclic amines) is 1. The largest absolute Gasteiger partial charge is 0.480 e. The van der Waals surface area contributed by atoms with Crippen LogP contribution in [0, 0.1) is 11.8 Å². The molecule has 1 amide bonds. The first-order valence-corrected chi connectivity index (χ1v) is 6.73. The zero-order valence-electron chi connectivity index (χ0n) is 12.3. The highest BCUT2D eigenvalue weighted by molar-refractivity contribution is 5.85. The van der Waals surface area contributed by atoms with Gasteiger partial charge in [-0.15, -0.1) is 19.0 Å². The van der Waals surface area contributed by atoms with Gasteiger partial charge >= 0.3 is 5.97 Å². The van der Waals surface area contributed by atoms with Crippen molar-refractivity contribution in [2.45, 2.75) is 45.8 Å². The molecule has 20 heavy (non-hydrogen) atoms. The van der Waals surface area contributed by atoms with Gasteiger partial charge in [0, 0.05) is 13.5 Å². The van der Waals surface area contributed by atoms with E-state index >= 15 is 0 Å². The van der Waals surface area contributed by atoms with Crippen LogP contribution < -0.4 is 5.32 Å². The first-order valence-electron chi connectivity index (χ1n) is 6.73. The summed E-state index contributed by atoms with van der Waals surface area (Å²) in [5, 5.41) is 12.2. The molecule has 0 aromatic carbocycles. The summed E-state index contributed by atoms with van der Waals surface area (Å²) >= 11 is 0. The van der Waals surface area contributed by atoms with Crippen LogP contribution in [0.1, 0.15) is 33.6 Å². The van der Waals surface area contributed by atoms with E-state index in [1.807, 2.05) is 4.90 Å². The summed E-state index contributed by atoms with van der Waals surface area (Å²) in [6.45, 7) is 9.97. The fourth-order valence-corrected chi connectivity index (χ4v) is 2.61. The highest BCUT2D eigenvalue weighted by Crippen LogP contribution is 2.27. The molecule has 1 unspecified atom stereocenters. The quantitative estimate of drug-likeness (QED) is 0.735. The van der Waals surface area contributed by atoms with Crippen LogP contribution in [0.4, 0.5) is 0 Å². The summed E-state index contributed by atoms with van der Waals surface area (Å²) in [5.41, 5.74) is 0. The Balaban J connectivity index is 0.00000361. The number of halogens is 1. The van der Waals surface area contributed by atoms with Crippen LogP contribution in [0.15, 0.2) is 12.7 Å². The third kappa shape index (κ3) is 5.13. The average Bonchev–Trinajstić information content (AvgIpc) is 2.70. The van der Waals surface area contributed by atoms with Crippen molar-refractivity contribution in [3.63, 3.8) is 0 Å². The van der Waals surface area contributed by atoms with Crippen molar-refractivity contribution in [3.05, 3.63) is 12.7 Å². The molecule has 1 aliphatic rings. The van der Waals surface area contributed by atoms with E-state index in [9.17, 15) is 14.7 Å².